The Hall–Kier alpha value is -1.29. The molecule has 0 saturated heterocycles. The lowest BCUT2D eigenvalue weighted by molar-refractivity contribution is -0.123. The van der Waals surface area contributed by atoms with Gasteiger partial charge in [0.25, 0.3) is 0 Å². The summed E-state index contributed by atoms with van der Waals surface area (Å²) in [4.78, 5) is 15.0. The number of nitrogens with zero attached hydrogens (tertiary/aromatic N) is 1. The van der Waals surface area contributed by atoms with Crippen LogP contribution in [0.1, 0.15) is 19.4 Å². The Balaban J connectivity index is 2.71. The second kappa shape index (κ2) is 4.98. The number of rotatable bonds is 4. The summed E-state index contributed by atoms with van der Waals surface area (Å²) in [5.74, 6) is -0.734. The van der Waals surface area contributed by atoms with Crippen LogP contribution < -0.4 is 5.73 Å². The Bertz CT molecular complexity index is 352. The number of carbonyl (C=O) groups excluding carboxylic acids is 1. The molecule has 4 heteroatoms. The van der Waals surface area contributed by atoms with Crippen molar-refractivity contribution in [3.8, 4) is 0 Å². The maximum absolute atomic E-state index is 13.1. The average molecular weight is 210 g/mol. The van der Waals surface area contributed by atoms with Gasteiger partial charge in [-0.3, -0.25) is 4.79 Å². The number of Topliss-reactive ketones (excluding diaryl/α,β-unsaturated/α-hetero) is 1. The highest BCUT2D eigenvalue weighted by Crippen LogP contribution is 2.08. The van der Waals surface area contributed by atoms with Crippen molar-refractivity contribution in [3.63, 3.8) is 0 Å². The number of ketones is 1. The Kier molecular flexibility index (Phi) is 3.91. The van der Waals surface area contributed by atoms with Gasteiger partial charge in [-0.25, -0.2) is 4.98 Å². The molecule has 2 N–H and O–H groups in total. The summed E-state index contributed by atoms with van der Waals surface area (Å²) in [7, 11) is 0. The van der Waals surface area contributed by atoms with E-state index in [9.17, 15) is 9.18 Å². The minimum atomic E-state index is -0.649. The van der Waals surface area contributed by atoms with Crippen molar-refractivity contribution < 1.29 is 9.18 Å². The zero-order chi connectivity index (χ0) is 11.4. The van der Waals surface area contributed by atoms with Crippen LogP contribution in [0.4, 0.5) is 4.39 Å². The predicted octanol–water partition coefficient (Wildman–Crippen LogP) is 1.32. The number of aromatic nitrogens is 1. The lowest BCUT2D eigenvalue weighted by Crippen LogP contribution is -2.36. The van der Waals surface area contributed by atoms with Gasteiger partial charge in [-0.15, -0.1) is 0 Å². The van der Waals surface area contributed by atoms with Gasteiger partial charge in [-0.1, -0.05) is 19.9 Å². The molecule has 3 nitrogen and oxygen atoms in total. The van der Waals surface area contributed by atoms with Crippen LogP contribution in [0.3, 0.4) is 0 Å². The fraction of sp³-hybridized carbons (Fsp3) is 0.455. The quantitative estimate of drug-likeness (QED) is 0.762. The van der Waals surface area contributed by atoms with Crippen LogP contribution in [0.5, 0.6) is 0 Å². The van der Waals surface area contributed by atoms with Crippen molar-refractivity contribution in [3.05, 3.63) is 29.8 Å². The molecular weight excluding hydrogens is 195 g/mol. The molecule has 0 aromatic carbocycles. The molecule has 0 aliphatic heterocycles. The molecule has 82 valence electrons. The Morgan fingerprint density at radius 3 is 2.80 bits per heavy atom. The number of nitrogens with two attached hydrogens (primary N) is 1. The summed E-state index contributed by atoms with van der Waals surface area (Å²) >= 11 is 0. The number of hydrogen-bond acceptors (Lipinski definition) is 3. The van der Waals surface area contributed by atoms with Gasteiger partial charge in [0.1, 0.15) is 0 Å². The number of halogens is 1. The van der Waals surface area contributed by atoms with Crippen LogP contribution >= 0.6 is 0 Å². The molecule has 1 heterocycles. The summed E-state index contributed by atoms with van der Waals surface area (Å²) in [6.07, 6.45) is 1.57. The van der Waals surface area contributed by atoms with E-state index in [4.69, 9.17) is 5.73 Å². The molecule has 15 heavy (non-hydrogen) atoms. The normalized spacial score (nSPS) is 12.9. The van der Waals surface area contributed by atoms with Gasteiger partial charge in [0.15, 0.2) is 5.78 Å². The van der Waals surface area contributed by atoms with Crippen molar-refractivity contribution in [2.45, 2.75) is 26.3 Å². The molecule has 0 spiro atoms. The van der Waals surface area contributed by atoms with Gasteiger partial charge in [0.2, 0.25) is 5.95 Å². The van der Waals surface area contributed by atoms with Crippen LogP contribution in [0.15, 0.2) is 18.3 Å². The van der Waals surface area contributed by atoms with Gasteiger partial charge >= 0.3 is 0 Å². The van der Waals surface area contributed by atoms with Gasteiger partial charge in [0, 0.05) is 17.7 Å². The first kappa shape index (κ1) is 11.8. The van der Waals surface area contributed by atoms with E-state index >= 15 is 0 Å². The number of hydrogen-bond donors (Lipinski definition) is 1. The number of pyridine rings is 1. The third-order valence-corrected chi connectivity index (χ3v) is 2.21. The molecule has 1 aromatic rings. The fourth-order valence-electron chi connectivity index (χ4n) is 1.34. The SMILES string of the molecule is CC(C)C(=O)C(N)Cc1cccnc1F. The van der Waals surface area contributed by atoms with Crippen LogP contribution in [0.25, 0.3) is 0 Å². The number of carbonyl (C=O) groups is 1. The van der Waals surface area contributed by atoms with E-state index in [0.717, 1.165) is 0 Å². The van der Waals surface area contributed by atoms with Crippen molar-refractivity contribution in [2.24, 2.45) is 11.7 Å². The van der Waals surface area contributed by atoms with Gasteiger partial charge in [-0.2, -0.15) is 4.39 Å². The summed E-state index contributed by atoms with van der Waals surface area (Å²) in [5.41, 5.74) is 6.06. The van der Waals surface area contributed by atoms with E-state index in [0.29, 0.717) is 5.56 Å². The van der Waals surface area contributed by atoms with Gasteiger partial charge < -0.3 is 5.73 Å². The van der Waals surface area contributed by atoms with Crippen LogP contribution in [-0.2, 0) is 11.2 Å². The third kappa shape index (κ3) is 3.09. The molecule has 0 amide bonds. The smallest absolute Gasteiger partial charge is 0.216 e. The Morgan fingerprint density at radius 1 is 1.60 bits per heavy atom. The highest BCUT2D eigenvalue weighted by atomic mass is 19.1. The first-order chi connectivity index (χ1) is 7.02. The second-order valence-corrected chi connectivity index (χ2v) is 3.82. The predicted molar refractivity (Wildman–Crippen MR) is 55.7 cm³/mol. The minimum absolute atomic E-state index is 0.0572. The first-order valence-electron chi connectivity index (χ1n) is 4.91. The topological polar surface area (TPSA) is 56.0 Å². The molecule has 0 aliphatic carbocycles. The highest BCUT2D eigenvalue weighted by Gasteiger charge is 2.18. The monoisotopic (exact) mass is 210 g/mol. The largest absolute Gasteiger partial charge is 0.321 e. The molecular formula is C11H15FN2O. The van der Waals surface area contributed by atoms with E-state index in [2.05, 4.69) is 4.98 Å². The first-order valence-corrected chi connectivity index (χ1v) is 4.91. The maximum atomic E-state index is 13.1. The minimum Gasteiger partial charge on any atom is -0.321 e. The lowest BCUT2D eigenvalue weighted by atomic mass is 9.97. The van der Waals surface area contributed by atoms with Gasteiger partial charge in [0.05, 0.1) is 6.04 Å². The standard InChI is InChI=1S/C11H15FN2O/c1-7(2)10(15)9(13)6-8-4-3-5-14-11(8)12/h3-5,7,9H,6,13H2,1-2H3. The summed E-state index contributed by atoms with van der Waals surface area (Å²) in [5, 5.41) is 0. The second-order valence-electron chi connectivity index (χ2n) is 3.82. The van der Waals surface area contributed by atoms with Crippen molar-refractivity contribution in [1.82, 2.24) is 4.98 Å². The van der Waals surface area contributed by atoms with Crippen molar-refractivity contribution in [2.75, 3.05) is 0 Å². The highest BCUT2D eigenvalue weighted by molar-refractivity contribution is 5.85. The zero-order valence-electron chi connectivity index (χ0n) is 8.90. The van der Waals surface area contributed by atoms with E-state index in [1.165, 1.54) is 6.20 Å². The summed E-state index contributed by atoms with van der Waals surface area (Å²) in [6, 6.07) is 2.57. The molecule has 0 bridgehead atoms. The van der Waals surface area contributed by atoms with E-state index < -0.39 is 12.0 Å². The Morgan fingerprint density at radius 2 is 2.27 bits per heavy atom. The third-order valence-electron chi connectivity index (χ3n) is 2.21. The molecule has 1 rings (SSSR count). The molecule has 1 atom stereocenters. The molecule has 1 unspecified atom stereocenters. The Labute approximate surface area is 88.5 Å². The van der Waals surface area contributed by atoms with Crippen LogP contribution in [-0.4, -0.2) is 16.8 Å². The maximum Gasteiger partial charge on any atom is 0.216 e. The molecule has 0 saturated carbocycles. The fourth-order valence-corrected chi connectivity index (χ4v) is 1.34. The molecule has 0 aliphatic rings. The van der Waals surface area contributed by atoms with E-state index in [-0.39, 0.29) is 18.1 Å². The van der Waals surface area contributed by atoms with Crippen molar-refractivity contribution in [1.29, 1.82) is 0 Å². The van der Waals surface area contributed by atoms with Crippen LogP contribution in [0.2, 0.25) is 0 Å². The van der Waals surface area contributed by atoms with Crippen molar-refractivity contribution >= 4 is 5.78 Å². The summed E-state index contributed by atoms with van der Waals surface area (Å²) < 4.78 is 13.1. The van der Waals surface area contributed by atoms with Crippen LogP contribution in [0, 0.1) is 11.9 Å². The summed E-state index contributed by atoms with van der Waals surface area (Å²) in [6.45, 7) is 3.56. The zero-order valence-corrected chi connectivity index (χ0v) is 8.90. The molecule has 0 radical (unpaired) electrons. The molecule has 0 fully saturated rings. The van der Waals surface area contributed by atoms with Gasteiger partial charge in [-0.05, 0) is 12.5 Å². The average Bonchev–Trinajstić information content (AvgIpc) is 2.20. The van der Waals surface area contributed by atoms with E-state index in [1.54, 1.807) is 26.0 Å². The van der Waals surface area contributed by atoms with E-state index in [1.807, 2.05) is 0 Å². The lowest BCUT2D eigenvalue weighted by Gasteiger charge is -2.12. The molecule has 1 aromatic heterocycles.